The van der Waals surface area contributed by atoms with E-state index in [2.05, 4.69) is 16.9 Å². The molecule has 12 heavy (non-hydrogen) atoms. The van der Waals surface area contributed by atoms with Gasteiger partial charge in [-0.25, -0.2) is 0 Å². The minimum atomic E-state index is 1.02. The van der Waals surface area contributed by atoms with Crippen molar-refractivity contribution in [1.82, 2.24) is 5.32 Å². The Kier molecular flexibility index (Phi) is 4.92. The summed E-state index contributed by atoms with van der Waals surface area (Å²) in [5, 5.41) is 3.34. The summed E-state index contributed by atoms with van der Waals surface area (Å²) in [5.41, 5.74) is 0. The summed E-state index contributed by atoms with van der Waals surface area (Å²) in [5.74, 6) is 3.40. The van der Waals surface area contributed by atoms with Crippen LogP contribution in [0.5, 0.6) is 0 Å². The zero-order valence-corrected chi connectivity index (χ0v) is 8.20. The van der Waals surface area contributed by atoms with E-state index in [1.165, 1.54) is 12.3 Å². The summed E-state index contributed by atoms with van der Waals surface area (Å²) in [6.45, 7) is 5.73. The van der Waals surface area contributed by atoms with E-state index in [1.807, 2.05) is 17.8 Å². The van der Waals surface area contributed by atoms with Gasteiger partial charge in [0.05, 0.1) is 5.84 Å². The quantitative estimate of drug-likeness (QED) is 0.519. The zero-order chi connectivity index (χ0) is 8.65. The normalized spacial score (nSPS) is 15.8. The highest BCUT2D eigenvalue weighted by molar-refractivity contribution is 7.99. The SMILES string of the molecule is C=CCSCCNC1=NCCC1. The van der Waals surface area contributed by atoms with Gasteiger partial charge in [0, 0.05) is 31.0 Å². The number of amidine groups is 1. The maximum atomic E-state index is 4.33. The molecule has 0 unspecified atom stereocenters. The van der Waals surface area contributed by atoms with Gasteiger partial charge >= 0.3 is 0 Å². The molecule has 0 bridgehead atoms. The molecule has 0 aromatic heterocycles. The van der Waals surface area contributed by atoms with E-state index in [0.717, 1.165) is 31.0 Å². The number of aliphatic imine (C=N–C) groups is 1. The third kappa shape index (κ3) is 3.81. The second-order valence-corrected chi connectivity index (χ2v) is 3.87. The van der Waals surface area contributed by atoms with Gasteiger partial charge in [-0.2, -0.15) is 11.8 Å². The van der Waals surface area contributed by atoms with Crippen LogP contribution in [0.3, 0.4) is 0 Å². The molecule has 0 amide bonds. The van der Waals surface area contributed by atoms with E-state index in [-0.39, 0.29) is 0 Å². The molecule has 0 aromatic carbocycles. The van der Waals surface area contributed by atoms with Crippen molar-refractivity contribution in [3.05, 3.63) is 12.7 Å². The highest BCUT2D eigenvalue weighted by atomic mass is 32.2. The van der Waals surface area contributed by atoms with Gasteiger partial charge in [-0.3, -0.25) is 4.99 Å². The molecule has 0 saturated heterocycles. The lowest BCUT2D eigenvalue weighted by molar-refractivity contribution is 0.925. The summed E-state index contributed by atoms with van der Waals surface area (Å²) in [4.78, 5) is 4.33. The molecule has 0 saturated carbocycles. The fourth-order valence-corrected chi connectivity index (χ4v) is 1.70. The van der Waals surface area contributed by atoms with E-state index in [4.69, 9.17) is 0 Å². The topological polar surface area (TPSA) is 24.4 Å². The molecule has 0 fully saturated rings. The molecule has 0 spiro atoms. The summed E-state index contributed by atoms with van der Waals surface area (Å²) in [6, 6.07) is 0. The van der Waals surface area contributed by atoms with Crippen LogP contribution in [0.25, 0.3) is 0 Å². The van der Waals surface area contributed by atoms with E-state index in [9.17, 15) is 0 Å². The van der Waals surface area contributed by atoms with E-state index in [0.29, 0.717) is 0 Å². The molecule has 2 nitrogen and oxygen atoms in total. The van der Waals surface area contributed by atoms with Gasteiger partial charge in [-0.15, -0.1) is 6.58 Å². The molecule has 0 radical (unpaired) electrons. The second kappa shape index (κ2) is 6.12. The molecule has 0 aromatic rings. The van der Waals surface area contributed by atoms with Crippen LogP contribution in [-0.4, -0.2) is 30.4 Å². The Labute approximate surface area is 78.5 Å². The molecular weight excluding hydrogens is 168 g/mol. The first-order valence-electron chi connectivity index (χ1n) is 4.39. The van der Waals surface area contributed by atoms with Crippen LogP contribution < -0.4 is 5.32 Å². The molecule has 1 aliphatic heterocycles. The highest BCUT2D eigenvalue weighted by Crippen LogP contribution is 2.02. The fraction of sp³-hybridized carbons (Fsp3) is 0.667. The van der Waals surface area contributed by atoms with E-state index >= 15 is 0 Å². The Morgan fingerprint density at radius 2 is 2.58 bits per heavy atom. The van der Waals surface area contributed by atoms with Gasteiger partial charge in [0.25, 0.3) is 0 Å². The third-order valence-corrected chi connectivity index (χ3v) is 2.65. The molecule has 1 rings (SSSR count). The summed E-state index contributed by atoms with van der Waals surface area (Å²) in [7, 11) is 0. The van der Waals surface area contributed by atoms with Gasteiger partial charge in [0.2, 0.25) is 0 Å². The largest absolute Gasteiger partial charge is 0.373 e. The number of thioether (sulfide) groups is 1. The lowest BCUT2D eigenvalue weighted by atomic mass is 10.3. The van der Waals surface area contributed by atoms with Crippen molar-refractivity contribution in [2.24, 2.45) is 4.99 Å². The van der Waals surface area contributed by atoms with Crippen molar-refractivity contribution < 1.29 is 0 Å². The summed E-state index contributed by atoms with van der Waals surface area (Å²) >= 11 is 1.90. The predicted octanol–water partition coefficient (Wildman–Crippen LogP) is 1.69. The van der Waals surface area contributed by atoms with Crippen molar-refractivity contribution in [3.8, 4) is 0 Å². The van der Waals surface area contributed by atoms with Crippen molar-refractivity contribution in [1.29, 1.82) is 0 Å². The van der Waals surface area contributed by atoms with Crippen molar-refractivity contribution in [2.45, 2.75) is 12.8 Å². The predicted molar refractivity (Wildman–Crippen MR) is 57.1 cm³/mol. The third-order valence-electron chi connectivity index (χ3n) is 1.69. The van der Waals surface area contributed by atoms with E-state index in [1.54, 1.807) is 0 Å². The van der Waals surface area contributed by atoms with Crippen LogP contribution in [-0.2, 0) is 0 Å². The number of hydrogen-bond acceptors (Lipinski definition) is 3. The minimum absolute atomic E-state index is 1.02. The average molecular weight is 184 g/mol. The van der Waals surface area contributed by atoms with Crippen LogP contribution in [0.2, 0.25) is 0 Å². The minimum Gasteiger partial charge on any atom is -0.373 e. The van der Waals surface area contributed by atoms with E-state index < -0.39 is 0 Å². The highest BCUT2D eigenvalue weighted by Gasteiger charge is 2.03. The van der Waals surface area contributed by atoms with Crippen LogP contribution >= 0.6 is 11.8 Å². The monoisotopic (exact) mass is 184 g/mol. The first kappa shape index (κ1) is 9.65. The van der Waals surface area contributed by atoms with Crippen molar-refractivity contribution in [2.75, 3.05) is 24.6 Å². The molecule has 3 heteroatoms. The smallest absolute Gasteiger partial charge is 0.0963 e. The molecule has 0 aliphatic carbocycles. The Morgan fingerprint density at radius 3 is 3.25 bits per heavy atom. The molecule has 68 valence electrons. The maximum absolute atomic E-state index is 4.33. The number of nitrogens with zero attached hydrogens (tertiary/aromatic N) is 1. The summed E-state index contributed by atoms with van der Waals surface area (Å²) < 4.78 is 0. The number of rotatable bonds is 5. The van der Waals surface area contributed by atoms with Crippen LogP contribution in [0.15, 0.2) is 17.6 Å². The van der Waals surface area contributed by atoms with Gasteiger partial charge in [0.1, 0.15) is 0 Å². The average Bonchev–Trinajstić information content (AvgIpc) is 2.57. The Hall–Kier alpha value is -0.440. The molecule has 1 N–H and O–H groups in total. The molecular formula is C9H16N2S. The van der Waals surface area contributed by atoms with Gasteiger partial charge in [-0.05, 0) is 6.42 Å². The van der Waals surface area contributed by atoms with Crippen molar-refractivity contribution >= 4 is 17.6 Å². The maximum Gasteiger partial charge on any atom is 0.0963 e. The van der Waals surface area contributed by atoms with Crippen molar-refractivity contribution in [3.63, 3.8) is 0 Å². The molecule has 0 atom stereocenters. The molecule has 1 aliphatic rings. The van der Waals surface area contributed by atoms with Gasteiger partial charge < -0.3 is 5.32 Å². The number of hydrogen-bond donors (Lipinski definition) is 1. The zero-order valence-electron chi connectivity index (χ0n) is 7.38. The number of nitrogens with one attached hydrogen (secondary N) is 1. The molecule has 1 heterocycles. The Balaban J connectivity index is 1.91. The van der Waals surface area contributed by atoms with Gasteiger partial charge in [0.15, 0.2) is 0 Å². The summed E-state index contributed by atoms with van der Waals surface area (Å²) in [6.07, 6.45) is 4.31. The fourth-order valence-electron chi connectivity index (χ4n) is 1.12. The standard InChI is InChI=1S/C9H16N2S/c1-2-7-12-8-6-11-9-4-3-5-10-9/h2H,1,3-8H2,(H,10,11). The van der Waals surface area contributed by atoms with Crippen LogP contribution in [0.4, 0.5) is 0 Å². The Bertz CT molecular complexity index is 166. The Morgan fingerprint density at radius 1 is 1.67 bits per heavy atom. The van der Waals surface area contributed by atoms with Crippen LogP contribution in [0.1, 0.15) is 12.8 Å². The van der Waals surface area contributed by atoms with Crippen LogP contribution in [0, 0.1) is 0 Å². The first-order valence-corrected chi connectivity index (χ1v) is 5.55. The van der Waals surface area contributed by atoms with Gasteiger partial charge in [-0.1, -0.05) is 6.08 Å². The lowest BCUT2D eigenvalue weighted by Gasteiger charge is -2.03. The second-order valence-electron chi connectivity index (χ2n) is 2.72. The lowest BCUT2D eigenvalue weighted by Crippen LogP contribution is -2.23. The first-order chi connectivity index (χ1) is 5.93.